The topological polar surface area (TPSA) is 79.5 Å². The van der Waals surface area contributed by atoms with Gasteiger partial charge in [-0.1, -0.05) is 12.2 Å². The molecule has 0 amide bonds. The van der Waals surface area contributed by atoms with Crippen LogP contribution >= 0.6 is 12.2 Å². The molecule has 1 aliphatic rings. The van der Waals surface area contributed by atoms with Crippen molar-refractivity contribution in [3.05, 3.63) is 24.0 Å². The van der Waals surface area contributed by atoms with Crippen LogP contribution in [0.2, 0.25) is 0 Å². The number of hydrogen-bond acceptors (Lipinski definition) is 5. The highest BCUT2D eigenvalue weighted by molar-refractivity contribution is 7.89. The van der Waals surface area contributed by atoms with E-state index in [2.05, 4.69) is 9.88 Å². The van der Waals surface area contributed by atoms with E-state index in [0.29, 0.717) is 5.69 Å². The van der Waals surface area contributed by atoms with Crippen molar-refractivity contribution in [2.24, 2.45) is 5.73 Å². The zero-order chi connectivity index (χ0) is 15.6. The van der Waals surface area contributed by atoms with Crippen LogP contribution in [-0.4, -0.2) is 60.8 Å². The molecule has 8 heteroatoms. The highest BCUT2D eigenvalue weighted by Gasteiger charge is 2.30. The van der Waals surface area contributed by atoms with Gasteiger partial charge in [-0.2, -0.15) is 4.31 Å². The Morgan fingerprint density at radius 1 is 1.52 bits per heavy atom. The highest BCUT2D eigenvalue weighted by Crippen LogP contribution is 2.21. The van der Waals surface area contributed by atoms with Crippen molar-refractivity contribution < 1.29 is 8.42 Å². The zero-order valence-electron chi connectivity index (χ0n) is 12.2. The lowest BCUT2D eigenvalue weighted by atomic mass is 10.1. The van der Waals surface area contributed by atoms with Gasteiger partial charge in [0, 0.05) is 25.8 Å². The molecule has 1 aliphatic heterocycles. The smallest absolute Gasteiger partial charge is 0.244 e. The Morgan fingerprint density at radius 2 is 2.24 bits per heavy atom. The molecule has 0 radical (unpaired) electrons. The Balaban J connectivity index is 2.22. The van der Waals surface area contributed by atoms with Gasteiger partial charge in [0.2, 0.25) is 10.0 Å². The number of likely N-dealkylation sites (tertiary alicyclic amines) is 1. The number of rotatable bonds is 4. The Hall–Kier alpha value is -1.09. The fraction of sp³-hybridized carbons (Fsp3) is 0.538. The van der Waals surface area contributed by atoms with E-state index in [1.165, 1.54) is 22.6 Å². The number of sulfonamides is 1. The predicted molar refractivity (Wildman–Crippen MR) is 85.6 cm³/mol. The molecule has 1 aromatic heterocycles. The first-order valence-electron chi connectivity index (χ1n) is 6.75. The van der Waals surface area contributed by atoms with Crippen LogP contribution in [0.15, 0.2) is 23.2 Å². The van der Waals surface area contributed by atoms with E-state index in [0.717, 1.165) is 25.9 Å². The second kappa shape index (κ2) is 6.35. The van der Waals surface area contributed by atoms with Gasteiger partial charge in [-0.25, -0.2) is 8.42 Å². The molecular formula is C13H20N4O2S2. The highest BCUT2D eigenvalue weighted by atomic mass is 32.2. The van der Waals surface area contributed by atoms with Crippen LogP contribution in [0.5, 0.6) is 0 Å². The molecule has 0 aromatic carbocycles. The quantitative estimate of drug-likeness (QED) is 0.808. The average Bonchev–Trinajstić information content (AvgIpc) is 2.46. The van der Waals surface area contributed by atoms with Crippen molar-refractivity contribution in [2.75, 3.05) is 27.2 Å². The summed E-state index contributed by atoms with van der Waals surface area (Å²) in [4.78, 5) is 6.47. The predicted octanol–water partition coefficient (Wildman–Crippen LogP) is 0.431. The van der Waals surface area contributed by atoms with Crippen LogP contribution < -0.4 is 5.73 Å². The van der Waals surface area contributed by atoms with E-state index in [-0.39, 0.29) is 15.9 Å². The van der Waals surface area contributed by atoms with Gasteiger partial charge in [-0.15, -0.1) is 0 Å². The Morgan fingerprint density at radius 3 is 2.76 bits per heavy atom. The molecule has 0 bridgehead atoms. The molecule has 2 heterocycles. The molecule has 0 aliphatic carbocycles. The van der Waals surface area contributed by atoms with Gasteiger partial charge in [-0.3, -0.25) is 4.98 Å². The zero-order valence-corrected chi connectivity index (χ0v) is 13.8. The minimum Gasteiger partial charge on any atom is -0.388 e. The first kappa shape index (κ1) is 16.3. The SMILES string of the molecule is CN1CCCC(N(C)S(=O)(=O)c2ccc(C(N)=S)nc2)C1. The summed E-state index contributed by atoms with van der Waals surface area (Å²) < 4.78 is 26.7. The molecule has 0 saturated carbocycles. The normalized spacial score (nSPS) is 20.6. The minimum absolute atomic E-state index is 0.0102. The second-order valence-electron chi connectivity index (χ2n) is 5.32. The van der Waals surface area contributed by atoms with Crippen LogP contribution in [0.4, 0.5) is 0 Å². The lowest BCUT2D eigenvalue weighted by Gasteiger charge is -2.35. The van der Waals surface area contributed by atoms with Gasteiger partial charge in [0.25, 0.3) is 0 Å². The molecule has 21 heavy (non-hydrogen) atoms. The van der Waals surface area contributed by atoms with Crippen molar-refractivity contribution >= 4 is 27.2 Å². The number of nitrogens with zero attached hydrogens (tertiary/aromatic N) is 3. The lowest BCUT2D eigenvalue weighted by Crippen LogP contribution is -2.47. The number of hydrogen-bond donors (Lipinski definition) is 1. The molecule has 0 spiro atoms. The summed E-state index contributed by atoms with van der Waals surface area (Å²) in [6.07, 6.45) is 3.19. The molecule has 1 unspecified atom stereocenters. The van der Waals surface area contributed by atoms with E-state index in [1.54, 1.807) is 7.05 Å². The average molecular weight is 328 g/mol. The number of pyridine rings is 1. The Kier molecular flexibility index (Phi) is 4.92. The maximum Gasteiger partial charge on any atom is 0.244 e. The molecule has 6 nitrogen and oxygen atoms in total. The fourth-order valence-electron chi connectivity index (χ4n) is 2.48. The van der Waals surface area contributed by atoms with E-state index < -0.39 is 10.0 Å². The van der Waals surface area contributed by atoms with Crippen LogP contribution in [0.25, 0.3) is 0 Å². The van der Waals surface area contributed by atoms with Crippen molar-refractivity contribution in [1.82, 2.24) is 14.2 Å². The summed E-state index contributed by atoms with van der Waals surface area (Å²) in [5, 5.41) is 0. The molecule has 2 rings (SSSR count). The first-order valence-corrected chi connectivity index (χ1v) is 8.59. The molecular weight excluding hydrogens is 308 g/mol. The summed E-state index contributed by atoms with van der Waals surface area (Å²) >= 11 is 4.82. The second-order valence-corrected chi connectivity index (χ2v) is 7.76. The molecule has 1 aromatic rings. The number of thiocarbonyl (C=S) groups is 1. The van der Waals surface area contributed by atoms with Crippen molar-refractivity contribution in [3.63, 3.8) is 0 Å². The summed E-state index contributed by atoms with van der Waals surface area (Å²) in [6, 6.07) is 3.03. The number of aromatic nitrogens is 1. The van der Waals surface area contributed by atoms with Crippen LogP contribution in [0, 0.1) is 0 Å². The summed E-state index contributed by atoms with van der Waals surface area (Å²) in [5.74, 6) is 0. The van der Waals surface area contributed by atoms with E-state index in [1.807, 2.05) is 7.05 Å². The first-order chi connectivity index (χ1) is 9.82. The summed E-state index contributed by atoms with van der Waals surface area (Å²) in [6.45, 7) is 1.75. The summed E-state index contributed by atoms with van der Waals surface area (Å²) in [7, 11) is 0.0863. The standard InChI is InChI=1S/C13H20N4O2S2/c1-16-7-3-4-10(9-16)17(2)21(18,19)11-5-6-12(13(14)20)15-8-11/h5-6,8,10H,3-4,7,9H2,1-2H3,(H2,14,20). The van der Waals surface area contributed by atoms with Gasteiger partial charge in [0.1, 0.15) is 9.88 Å². The van der Waals surface area contributed by atoms with Gasteiger partial charge in [-0.05, 0) is 38.6 Å². The van der Waals surface area contributed by atoms with Crippen molar-refractivity contribution in [1.29, 1.82) is 0 Å². The Labute approximate surface area is 131 Å². The third kappa shape index (κ3) is 3.57. The third-order valence-corrected chi connectivity index (χ3v) is 5.88. The number of piperidine rings is 1. The maximum absolute atomic E-state index is 12.6. The van der Waals surface area contributed by atoms with Crippen molar-refractivity contribution in [3.8, 4) is 0 Å². The van der Waals surface area contributed by atoms with Crippen LogP contribution in [-0.2, 0) is 10.0 Å². The lowest BCUT2D eigenvalue weighted by molar-refractivity contribution is 0.187. The van der Waals surface area contributed by atoms with Crippen molar-refractivity contribution in [2.45, 2.75) is 23.8 Å². The molecule has 1 atom stereocenters. The van der Waals surface area contributed by atoms with Crippen LogP contribution in [0.3, 0.4) is 0 Å². The van der Waals surface area contributed by atoms with Gasteiger partial charge >= 0.3 is 0 Å². The van der Waals surface area contributed by atoms with Gasteiger partial charge in [0.05, 0.1) is 5.69 Å². The van der Waals surface area contributed by atoms with E-state index in [9.17, 15) is 8.42 Å². The Bertz CT molecular complexity index is 616. The minimum atomic E-state index is -3.54. The van der Waals surface area contributed by atoms with E-state index in [4.69, 9.17) is 18.0 Å². The van der Waals surface area contributed by atoms with Gasteiger partial charge in [0.15, 0.2) is 0 Å². The molecule has 1 fully saturated rings. The number of nitrogens with two attached hydrogens (primary N) is 1. The molecule has 116 valence electrons. The number of likely N-dealkylation sites (N-methyl/N-ethyl adjacent to an activating group) is 2. The largest absolute Gasteiger partial charge is 0.388 e. The van der Waals surface area contributed by atoms with Gasteiger partial charge < -0.3 is 10.6 Å². The summed E-state index contributed by atoms with van der Waals surface area (Å²) in [5.41, 5.74) is 5.89. The fourth-order valence-corrected chi connectivity index (χ4v) is 3.92. The third-order valence-electron chi connectivity index (χ3n) is 3.78. The maximum atomic E-state index is 12.6. The van der Waals surface area contributed by atoms with E-state index >= 15 is 0 Å². The van der Waals surface area contributed by atoms with Crippen LogP contribution in [0.1, 0.15) is 18.5 Å². The molecule has 1 saturated heterocycles. The monoisotopic (exact) mass is 328 g/mol. The molecule has 2 N–H and O–H groups in total.